The van der Waals surface area contributed by atoms with Gasteiger partial charge >= 0.3 is 0 Å². The molecule has 106 valence electrons. The Hall–Kier alpha value is -0.860. The van der Waals surface area contributed by atoms with Crippen molar-refractivity contribution in [3.05, 3.63) is 35.9 Å². The van der Waals surface area contributed by atoms with E-state index in [1.54, 1.807) is 0 Å². The van der Waals surface area contributed by atoms with E-state index in [-0.39, 0.29) is 0 Å². The van der Waals surface area contributed by atoms with Crippen molar-refractivity contribution in [3.63, 3.8) is 0 Å². The Morgan fingerprint density at radius 1 is 1.26 bits per heavy atom. The first-order valence-electron chi connectivity index (χ1n) is 7.55. The van der Waals surface area contributed by atoms with Gasteiger partial charge in [0.15, 0.2) is 0 Å². The lowest BCUT2D eigenvalue weighted by Crippen LogP contribution is -2.43. The van der Waals surface area contributed by atoms with Gasteiger partial charge in [-0.25, -0.2) is 0 Å². The maximum atomic E-state index is 3.31. The van der Waals surface area contributed by atoms with E-state index < -0.39 is 0 Å². The summed E-state index contributed by atoms with van der Waals surface area (Å²) in [4.78, 5) is 2.68. The standard InChI is InChI=1S/C17H28N2/c1-17(2,11-9-15-7-5-4-6-8-15)19-12-10-16(14-19)13-18-3/h4-8,16,18H,9-14H2,1-3H3. The number of nitrogens with zero attached hydrogens (tertiary/aromatic N) is 1. The predicted molar refractivity (Wildman–Crippen MR) is 82.4 cm³/mol. The number of nitrogens with one attached hydrogen (secondary N) is 1. The molecule has 0 amide bonds. The van der Waals surface area contributed by atoms with Crippen LogP contribution in [-0.4, -0.2) is 37.1 Å². The summed E-state index contributed by atoms with van der Waals surface area (Å²) in [5.74, 6) is 0.834. The molecule has 1 unspecified atom stereocenters. The molecule has 1 aromatic rings. The Morgan fingerprint density at radius 3 is 2.68 bits per heavy atom. The zero-order chi connectivity index (χ0) is 13.7. The van der Waals surface area contributed by atoms with Crippen molar-refractivity contribution in [2.45, 2.75) is 38.6 Å². The number of rotatable bonds is 6. The van der Waals surface area contributed by atoms with Gasteiger partial charge in [-0.1, -0.05) is 30.3 Å². The predicted octanol–water partition coefficient (Wildman–Crippen LogP) is 2.94. The molecule has 1 atom stereocenters. The van der Waals surface area contributed by atoms with Crippen LogP contribution in [0.15, 0.2) is 30.3 Å². The second-order valence-corrected chi connectivity index (χ2v) is 6.46. The zero-order valence-corrected chi connectivity index (χ0v) is 12.7. The molecule has 19 heavy (non-hydrogen) atoms. The molecular formula is C17H28N2. The van der Waals surface area contributed by atoms with Crippen molar-refractivity contribution in [1.82, 2.24) is 10.2 Å². The number of hydrogen-bond donors (Lipinski definition) is 1. The molecule has 1 N–H and O–H groups in total. The average molecular weight is 260 g/mol. The molecule has 0 saturated carbocycles. The third-order valence-corrected chi connectivity index (χ3v) is 4.50. The molecule has 0 aliphatic carbocycles. The van der Waals surface area contributed by atoms with E-state index in [0.717, 1.165) is 12.5 Å². The fourth-order valence-corrected chi connectivity index (χ4v) is 3.09. The van der Waals surface area contributed by atoms with Crippen LogP contribution in [0.1, 0.15) is 32.3 Å². The molecule has 2 nitrogen and oxygen atoms in total. The second-order valence-electron chi connectivity index (χ2n) is 6.46. The maximum Gasteiger partial charge on any atom is 0.0156 e. The van der Waals surface area contributed by atoms with E-state index in [0.29, 0.717) is 5.54 Å². The molecule has 1 saturated heterocycles. The second kappa shape index (κ2) is 6.53. The fraction of sp³-hybridized carbons (Fsp3) is 0.647. The van der Waals surface area contributed by atoms with Gasteiger partial charge in [-0.2, -0.15) is 0 Å². The first-order chi connectivity index (χ1) is 9.12. The van der Waals surface area contributed by atoms with Gasteiger partial charge in [0, 0.05) is 12.1 Å². The van der Waals surface area contributed by atoms with Crippen LogP contribution >= 0.6 is 0 Å². The monoisotopic (exact) mass is 260 g/mol. The summed E-state index contributed by atoms with van der Waals surface area (Å²) >= 11 is 0. The summed E-state index contributed by atoms with van der Waals surface area (Å²) < 4.78 is 0. The quantitative estimate of drug-likeness (QED) is 0.846. The van der Waals surface area contributed by atoms with Crippen LogP contribution in [0.4, 0.5) is 0 Å². The highest BCUT2D eigenvalue weighted by Crippen LogP contribution is 2.28. The molecule has 1 heterocycles. The first-order valence-corrected chi connectivity index (χ1v) is 7.55. The van der Waals surface area contributed by atoms with Gasteiger partial charge in [-0.15, -0.1) is 0 Å². The molecule has 0 radical (unpaired) electrons. The Morgan fingerprint density at radius 2 is 2.00 bits per heavy atom. The summed E-state index contributed by atoms with van der Waals surface area (Å²) in [6.07, 6.45) is 3.76. The fourth-order valence-electron chi connectivity index (χ4n) is 3.09. The molecule has 0 spiro atoms. The summed E-state index contributed by atoms with van der Waals surface area (Å²) in [7, 11) is 2.06. The van der Waals surface area contributed by atoms with Crippen LogP contribution in [0.3, 0.4) is 0 Å². The smallest absolute Gasteiger partial charge is 0.0156 e. The van der Waals surface area contributed by atoms with E-state index >= 15 is 0 Å². The van der Waals surface area contributed by atoms with E-state index in [1.807, 2.05) is 0 Å². The van der Waals surface area contributed by atoms with Crippen molar-refractivity contribution in [3.8, 4) is 0 Å². The third kappa shape index (κ3) is 4.05. The molecule has 1 aliphatic rings. The van der Waals surface area contributed by atoms with Crippen LogP contribution in [0.2, 0.25) is 0 Å². The lowest BCUT2D eigenvalue weighted by molar-refractivity contribution is 0.138. The molecular weight excluding hydrogens is 232 g/mol. The van der Waals surface area contributed by atoms with Gasteiger partial charge in [0.1, 0.15) is 0 Å². The van der Waals surface area contributed by atoms with Crippen LogP contribution < -0.4 is 5.32 Å². The van der Waals surface area contributed by atoms with E-state index in [4.69, 9.17) is 0 Å². The van der Waals surface area contributed by atoms with Gasteiger partial charge in [0.2, 0.25) is 0 Å². The molecule has 1 fully saturated rings. The summed E-state index contributed by atoms with van der Waals surface area (Å²) in [5, 5.41) is 3.31. The zero-order valence-electron chi connectivity index (χ0n) is 12.7. The van der Waals surface area contributed by atoms with Gasteiger partial charge < -0.3 is 5.32 Å². The number of likely N-dealkylation sites (tertiary alicyclic amines) is 1. The minimum absolute atomic E-state index is 0.318. The molecule has 2 heteroatoms. The molecule has 0 bridgehead atoms. The van der Waals surface area contributed by atoms with Gasteiger partial charge in [0.05, 0.1) is 0 Å². The normalized spacial score (nSPS) is 20.9. The molecule has 0 aromatic heterocycles. The topological polar surface area (TPSA) is 15.3 Å². The van der Waals surface area contributed by atoms with Crippen molar-refractivity contribution in [1.29, 1.82) is 0 Å². The van der Waals surface area contributed by atoms with Crippen LogP contribution in [-0.2, 0) is 6.42 Å². The highest BCUT2D eigenvalue weighted by atomic mass is 15.2. The Labute approximate surface area is 118 Å². The van der Waals surface area contributed by atoms with Crippen LogP contribution in [0.5, 0.6) is 0 Å². The van der Waals surface area contributed by atoms with Crippen LogP contribution in [0, 0.1) is 5.92 Å². The summed E-state index contributed by atoms with van der Waals surface area (Å²) in [6, 6.07) is 10.9. The third-order valence-electron chi connectivity index (χ3n) is 4.50. The van der Waals surface area contributed by atoms with Crippen LogP contribution in [0.25, 0.3) is 0 Å². The summed E-state index contributed by atoms with van der Waals surface area (Å²) in [6.45, 7) is 8.47. The number of benzene rings is 1. The van der Waals surface area contributed by atoms with E-state index in [9.17, 15) is 0 Å². The Kier molecular flexibility index (Phi) is 5.00. The van der Waals surface area contributed by atoms with Gasteiger partial charge in [0.25, 0.3) is 0 Å². The van der Waals surface area contributed by atoms with Crippen molar-refractivity contribution < 1.29 is 0 Å². The molecule has 1 aliphatic heterocycles. The highest BCUT2D eigenvalue weighted by Gasteiger charge is 2.32. The van der Waals surface area contributed by atoms with Gasteiger partial charge in [-0.05, 0) is 64.7 Å². The Balaban J connectivity index is 1.85. The summed E-state index contributed by atoms with van der Waals surface area (Å²) in [5.41, 5.74) is 1.78. The number of hydrogen-bond acceptors (Lipinski definition) is 2. The lowest BCUT2D eigenvalue weighted by atomic mass is 9.93. The minimum Gasteiger partial charge on any atom is -0.319 e. The van der Waals surface area contributed by atoms with E-state index in [2.05, 4.69) is 61.4 Å². The first kappa shape index (κ1) is 14.5. The van der Waals surface area contributed by atoms with Gasteiger partial charge in [-0.3, -0.25) is 4.90 Å². The SMILES string of the molecule is CNCC1CCN(C(C)(C)CCc2ccccc2)C1. The van der Waals surface area contributed by atoms with Crippen molar-refractivity contribution >= 4 is 0 Å². The minimum atomic E-state index is 0.318. The van der Waals surface area contributed by atoms with Crippen molar-refractivity contribution in [2.75, 3.05) is 26.7 Å². The van der Waals surface area contributed by atoms with Crippen molar-refractivity contribution in [2.24, 2.45) is 5.92 Å². The average Bonchev–Trinajstić information content (AvgIpc) is 2.88. The highest BCUT2D eigenvalue weighted by molar-refractivity contribution is 5.15. The largest absolute Gasteiger partial charge is 0.319 e. The molecule has 1 aromatic carbocycles. The Bertz CT molecular complexity index is 372. The molecule has 2 rings (SSSR count). The van der Waals surface area contributed by atoms with E-state index in [1.165, 1.54) is 37.9 Å². The lowest BCUT2D eigenvalue weighted by Gasteiger charge is -2.36. The number of aryl methyl sites for hydroxylation is 1. The maximum absolute atomic E-state index is 3.31.